The lowest BCUT2D eigenvalue weighted by atomic mass is 9.83. The number of allylic oxidation sites excluding steroid dienone is 2. The molecule has 0 radical (unpaired) electrons. The molecule has 1 unspecified atom stereocenters. The number of aliphatic imine (C=N–C) groups is 1. The molecule has 2 aromatic rings. The molecule has 1 aliphatic rings. The molecule has 0 saturated heterocycles. The lowest BCUT2D eigenvalue weighted by Crippen LogP contribution is -2.19. The number of aliphatic hydroxyl groups excluding tert-OH is 1. The summed E-state index contributed by atoms with van der Waals surface area (Å²) in [4.78, 5) is 16.7. The van der Waals surface area contributed by atoms with Gasteiger partial charge in [-0.15, -0.1) is 0 Å². The van der Waals surface area contributed by atoms with Crippen LogP contribution in [0.2, 0.25) is 0 Å². The predicted octanol–water partition coefficient (Wildman–Crippen LogP) is 5.42. The van der Waals surface area contributed by atoms with E-state index in [4.69, 9.17) is 0 Å². The SMILES string of the molecule is Cc1ccc(C2CC(=O)C(C=Nc3ccc(Br)cc3)=C(O)C2)cc1. The van der Waals surface area contributed by atoms with Crippen molar-refractivity contribution in [1.82, 2.24) is 0 Å². The van der Waals surface area contributed by atoms with Gasteiger partial charge in [0.15, 0.2) is 5.78 Å². The third-order valence-corrected chi connectivity index (χ3v) is 4.73. The standard InChI is InChI=1S/C20H18BrNO2/c1-13-2-4-14(5-3-13)15-10-19(23)18(20(24)11-15)12-22-17-8-6-16(21)7-9-17/h2-9,12,15,23H,10-11H2,1H3. The van der Waals surface area contributed by atoms with Crippen molar-refractivity contribution in [2.45, 2.75) is 25.7 Å². The molecule has 1 N–H and O–H groups in total. The molecule has 1 atom stereocenters. The monoisotopic (exact) mass is 383 g/mol. The number of carbonyl (C=O) groups is 1. The van der Waals surface area contributed by atoms with E-state index in [2.05, 4.69) is 20.9 Å². The van der Waals surface area contributed by atoms with Gasteiger partial charge in [0.05, 0.1) is 11.3 Å². The second-order valence-electron chi connectivity index (χ2n) is 6.03. The molecule has 122 valence electrons. The average Bonchev–Trinajstić information content (AvgIpc) is 2.56. The van der Waals surface area contributed by atoms with Crippen LogP contribution in [0.3, 0.4) is 0 Å². The summed E-state index contributed by atoms with van der Waals surface area (Å²) in [5, 5.41) is 10.3. The van der Waals surface area contributed by atoms with Crippen LogP contribution in [0.15, 0.2) is 69.3 Å². The molecule has 0 saturated carbocycles. The Morgan fingerprint density at radius 2 is 1.75 bits per heavy atom. The van der Waals surface area contributed by atoms with Gasteiger partial charge in [-0.3, -0.25) is 9.79 Å². The molecule has 0 aliphatic heterocycles. The Labute approximate surface area is 149 Å². The van der Waals surface area contributed by atoms with Crippen LogP contribution in [0.1, 0.15) is 29.9 Å². The molecular weight excluding hydrogens is 366 g/mol. The lowest BCUT2D eigenvalue weighted by molar-refractivity contribution is -0.116. The van der Waals surface area contributed by atoms with Crippen molar-refractivity contribution in [1.29, 1.82) is 0 Å². The molecule has 0 heterocycles. The third kappa shape index (κ3) is 3.82. The summed E-state index contributed by atoms with van der Waals surface area (Å²) in [6.07, 6.45) is 2.34. The Morgan fingerprint density at radius 3 is 2.38 bits per heavy atom. The summed E-state index contributed by atoms with van der Waals surface area (Å²) in [6.45, 7) is 2.03. The van der Waals surface area contributed by atoms with Crippen LogP contribution in [-0.4, -0.2) is 17.1 Å². The Hall–Kier alpha value is -2.20. The van der Waals surface area contributed by atoms with Crippen molar-refractivity contribution in [3.8, 4) is 0 Å². The van der Waals surface area contributed by atoms with E-state index in [1.54, 1.807) is 0 Å². The van der Waals surface area contributed by atoms with Gasteiger partial charge in [0.2, 0.25) is 0 Å². The summed E-state index contributed by atoms with van der Waals surface area (Å²) >= 11 is 3.37. The van der Waals surface area contributed by atoms with Crippen LogP contribution in [0, 0.1) is 6.92 Å². The zero-order chi connectivity index (χ0) is 17.1. The van der Waals surface area contributed by atoms with Gasteiger partial charge in [0.1, 0.15) is 5.76 Å². The number of aliphatic hydroxyl groups is 1. The topological polar surface area (TPSA) is 49.7 Å². The van der Waals surface area contributed by atoms with E-state index in [0.717, 1.165) is 15.7 Å². The number of hydrogen-bond acceptors (Lipinski definition) is 3. The minimum atomic E-state index is -0.0646. The second kappa shape index (κ2) is 7.14. The van der Waals surface area contributed by atoms with Crippen LogP contribution >= 0.6 is 15.9 Å². The van der Waals surface area contributed by atoms with Crippen LogP contribution in [0.5, 0.6) is 0 Å². The number of Topliss-reactive ketones (excluding diaryl/α,β-unsaturated/α-hetero) is 1. The molecule has 24 heavy (non-hydrogen) atoms. The van der Waals surface area contributed by atoms with Crippen molar-refractivity contribution in [2.24, 2.45) is 4.99 Å². The van der Waals surface area contributed by atoms with Gasteiger partial charge in [-0.2, -0.15) is 0 Å². The first kappa shape index (κ1) is 16.7. The maximum Gasteiger partial charge on any atom is 0.168 e. The largest absolute Gasteiger partial charge is 0.511 e. The third-order valence-electron chi connectivity index (χ3n) is 4.20. The van der Waals surface area contributed by atoms with Crippen LogP contribution in [0.4, 0.5) is 5.69 Å². The highest BCUT2D eigenvalue weighted by Gasteiger charge is 2.27. The minimum Gasteiger partial charge on any atom is -0.511 e. The number of carbonyl (C=O) groups excluding carboxylic acids is 1. The molecule has 0 fully saturated rings. The van der Waals surface area contributed by atoms with E-state index in [9.17, 15) is 9.90 Å². The van der Waals surface area contributed by atoms with E-state index < -0.39 is 0 Å². The smallest absolute Gasteiger partial charge is 0.168 e. The van der Waals surface area contributed by atoms with Crippen LogP contribution in [0.25, 0.3) is 0 Å². The molecule has 0 bridgehead atoms. The molecule has 0 spiro atoms. The summed E-state index contributed by atoms with van der Waals surface area (Å²) in [5.74, 6) is 0.0887. The molecule has 2 aromatic carbocycles. The van der Waals surface area contributed by atoms with E-state index in [-0.39, 0.29) is 17.5 Å². The first-order valence-corrected chi connectivity index (χ1v) is 8.64. The second-order valence-corrected chi connectivity index (χ2v) is 6.95. The number of aryl methyl sites for hydroxylation is 1. The number of hydrogen-bond donors (Lipinski definition) is 1. The number of halogens is 1. The molecule has 4 heteroatoms. The van der Waals surface area contributed by atoms with Crippen LogP contribution in [-0.2, 0) is 4.79 Å². The van der Waals surface area contributed by atoms with Crippen molar-refractivity contribution in [3.05, 3.63) is 75.5 Å². The van der Waals surface area contributed by atoms with Crippen molar-refractivity contribution in [3.63, 3.8) is 0 Å². The van der Waals surface area contributed by atoms with Gasteiger partial charge in [0.25, 0.3) is 0 Å². The Balaban J connectivity index is 1.79. The molecule has 0 amide bonds. The Bertz CT molecular complexity index is 805. The van der Waals surface area contributed by atoms with Gasteiger partial charge >= 0.3 is 0 Å². The van der Waals surface area contributed by atoms with Gasteiger partial charge in [0, 0.05) is 23.5 Å². The maximum absolute atomic E-state index is 12.4. The average molecular weight is 384 g/mol. The molecule has 3 rings (SSSR count). The van der Waals surface area contributed by atoms with E-state index in [0.29, 0.717) is 18.4 Å². The van der Waals surface area contributed by atoms with E-state index in [1.807, 2.05) is 55.5 Å². The van der Waals surface area contributed by atoms with Crippen molar-refractivity contribution in [2.75, 3.05) is 0 Å². The Kier molecular flexibility index (Phi) is 4.95. The normalized spacial score (nSPS) is 18.4. The van der Waals surface area contributed by atoms with Crippen molar-refractivity contribution >= 4 is 33.6 Å². The summed E-state index contributed by atoms with van der Waals surface area (Å²) in [5.41, 5.74) is 3.33. The Morgan fingerprint density at radius 1 is 1.08 bits per heavy atom. The van der Waals surface area contributed by atoms with Gasteiger partial charge in [-0.25, -0.2) is 0 Å². The first-order chi connectivity index (χ1) is 11.5. The summed E-state index contributed by atoms with van der Waals surface area (Å²) < 4.78 is 0.971. The number of nitrogens with zero attached hydrogens (tertiary/aromatic N) is 1. The molecule has 1 aliphatic carbocycles. The van der Waals surface area contributed by atoms with Crippen molar-refractivity contribution < 1.29 is 9.90 Å². The fraction of sp³-hybridized carbons (Fsp3) is 0.200. The fourth-order valence-corrected chi connectivity index (χ4v) is 3.06. The number of ketones is 1. The highest BCUT2D eigenvalue weighted by molar-refractivity contribution is 9.10. The zero-order valence-electron chi connectivity index (χ0n) is 13.4. The predicted molar refractivity (Wildman–Crippen MR) is 100 cm³/mol. The number of benzene rings is 2. The van der Waals surface area contributed by atoms with Gasteiger partial charge < -0.3 is 5.11 Å². The quantitative estimate of drug-likeness (QED) is 0.719. The van der Waals surface area contributed by atoms with E-state index in [1.165, 1.54) is 11.8 Å². The highest BCUT2D eigenvalue weighted by atomic mass is 79.9. The summed E-state index contributed by atoms with van der Waals surface area (Å²) in [6, 6.07) is 15.6. The minimum absolute atomic E-state index is 0.0305. The maximum atomic E-state index is 12.4. The van der Waals surface area contributed by atoms with Crippen LogP contribution < -0.4 is 0 Å². The first-order valence-electron chi connectivity index (χ1n) is 7.84. The fourth-order valence-electron chi connectivity index (χ4n) is 2.80. The van der Waals surface area contributed by atoms with Gasteiger partial charge in [-0.1, -0.05) is 45.8 Å². The highest BCUT2D eigenvalue weighted by Crippen LogP contribution is 2.33. The molecule has 0 aromatic heterocycles. The summed E-state index contributed by atoms with van der Waals surface area (Å²) in [7, 11) is 0. The molecular formula is C20H18BrNO2. The zero-order valence-corrected chi connectivity index (χ0v) is 15.0. The van der Waals surface area contributed by atoms with Gasteiger partial charge in [-0.05, 0) is 42.7 Å². The van der Waals surface area contributed by atoms with E-state index >= 15 is 0 Å². The number of rotatable bonds is 3. The lowest BCUT2D eigenvalue weighted by Gasteiger charge is -2.22. The molecule has 3 nitrogen and oxygen atoms in total.